The molecule has 9 amide bonds. The van der Waals surface area contributed by atoms with E-state index in [4.69, 9.17) is 79.1 Å². The largest absolute Gasteiger partial charge is 0.495 e. The molecule has 0 radical (unpaired) electrons. The Morgan fingerprint density at radius 1 is 0.933 bits per heavy atom. The summed E-state index contributed by atoms with van der Waals surface area (Å²) in [4.78, 5) is 122. The Hall–Kier alpha value is -7.45. The summed E-state index contributed by atoms with van der Waals surface area (Å²) in [5.74, 6) is -6.05. The number of carbonyl (C=O) groups is 9. The van der Waals surface area contributed by atoms with E-state index < -0.39 is 131 Å². The van der Waals surface area contributed by atoms with Gasteiger partial charge in [0.15, 0.2) is 10.8 Å². The average Bonchev–Trinajstić information content (AvgIpc) is 1.57. The quantitative estimate of drug-likeness (QED) is 0.0301. The highest BCUT2D eigenvalue weighted by Gasteiger charge is 2.64. The number of aliphatic hydroxyl groups is 1. The number of hydroxylamine groups is 2. The molecule has 4 heterocycles. The van der Waals surface area contributed by atoms with Crippen LogP contribution in [0.3, 0.4) is 0 Å². The molecule has 9 atom stereocenters. The molecule has 28 nitrogen and oxygen atoms in total. The van der Waals surface area contributed by atoms with Gasteiger partial charge in [-0.05, 0) is 75.0 Å². The van der Waals surface area contributed by atoms with Gasteiger partial charge in [0, 0.05) is 58.5 Å². The Morgan fingerprint density at radius 3 is 2.30 bits per heavy atom. The number of fused-ring (bicyclic) bond motifs is 5. The first-order valence-electron chi connectivity index (χ1n) is 28.8. The molecule has 494 valence electrons. The average molecular weight is 1320 g/mol. The highest BCUT2D eigenvalue weighted by atomic mass is 35.5. The van der Waals surface area contributed by atoms with Gasteiger partial charge in [-0.1, -0.05) is 67.8 Å². The van der Waals surface area contributed by atoms with Crippen LogP contribution in [-0.2, 0) is 68.4 Å². The van der Waals surface area contributed by atoms with E-state index in [2.05, 4.69) is 37.2 Å². The summed E-state index contributed by atoms with van der Waals surface area (Å²) < 4.78 is 56.2. The number of alkyl carbamates (subject to hydrolysis) is 1. The molecule has 6 rings (SSSR count). The van der Waals surface area contributed by atoms with E-state index in [1.54, 1.807) is 58.1 Å². The van der Waals surface area contributed by atoms with Gasteiger partial charge in [-0.2, -0.15) is 0 Å². The summed E-state index contributed by atoms with van der Waals surface area (Å²) in [5.41, 5.74) is 2.89. The predicted molar refractivity (Wildman–Crippen MR) is 327 cm³/mol. The number of benzene rings is 2. The minimum absolute atomic E-state index is 0.0106. The van der Waals surface area contributed by atoms with E-state index in [0.717, 1.165) is 17.7 Å². The van der Waals surface area contributed by atoms with Crippen molar-refractivity contribution in [1.82, 2.24) is 31.6 Å². The molecule has 4 aliphatic rings. The second-order valence-corrected chi connectivity index (χ2v) is 23.4. The van der Waals surface area contributed by atoms with Crippen molar-refractivity contribution in [2.45, 2.75) is 134 Å². The number of nitrogens with zero attached hydrogens (tertiary/aromatic N) is 2. The summed E-state index contributed by atoms with van der Waals surface area (Å²) in [6, 6.07) is 2.07. The number of primary amides is 1. The lowest BCUT2D eigenvalue weighted by Crippen LogP contribution is -2.63. The van der Waals surface area contributed by atoms with Crippen molar-refractivity contribution in [2.24, 2.45) is 17.6 Å². The van der Waals surface area contributed by atoms with Crippen molar-refractivity contribution in [2.75, 3.05) is 76.3 Å². The number of allylic oxidation sites excluding steroid dienone is 3. The lowest BCUT2D eigenvalue weighted by Gasteiger charge is -2.42. The number of hydrogen-bond donors (Lipinski definition) is 9. The number of amides is 9. The minimum Gasteiger partial charge on any atom is -0.495 e. The summed E-state index contributed by atoms with van der Waals surface area (Å²) in [6.45, 7) is 9.16. The zero-order valence-corrected chi connectivity index (χ0v) is 53.3. The molecule has 3 fully saturated rings. The van der Waals surface area contributed by atoms with E-state index >= 15 is 4.39 Å². The monoisotopic (exact) mass is 1320 g/mol. The fraction of sp³-hybridized carbons (Fsp3) is 0.552. The van der Waals surface area contributed by atoms with Gasteiger partial charge >= 0.3 is 24.2 Å². The van der Waals surface area contributed by atoms with Crippen LogP contribution in [0.15, 0.2) is 48.1 Å². The molecule has 32 heteroatoms. The molecule has 0 saturated carbocycles. The zero-order valence-electron chi connectivity index (χ0n) is 51.0. The fourth-order valence-electron chi connectivity index (χ4n) is 10.1. The third-order valence-electron chi connectivity index (χ3n) is 15.1. The number of nitrogens with one attached hydrogen (secondary N) is 7. The number of rotatable bonds is 24. The van der Waals surface area contributed by atoms with Crippen LogP contribution in [0.4, 0.5) is 35.8 Å². The minimum atomic E-state index is -1.95. The summed E-state index contributed by atoms with van der Waals surface area (Å²) in [5, 5.41) is 30.5. The first kappa shape index (κ1) is 71.6. The van der Waals surface area contributed by atoms with Gasteiger partial charge in [0.1, 0.15) is 52.6 Å². The number of halogens is 3. The highest BCUT2D eigenvalue weighted by molar-refractivity contribution is 7.80. The summed E-state index contributed by atoms with van der Waals surface area (Å²) in [7, 11) is 4.29. The van der Waals surface area contributed by atoms with Crippen LogP contribution < -0.4 is 52.6 Å². The summed E-state index contributed by atoms with van der Waals surface area (Å²) >= 11 is 18.9. The van der Waals surface area contributed by atoms with Gasteiger partial charge in [0.25, 0.3) is 11.8 Å². The molecule has 0 spiro atoms. The van der Waals surface area contributed by atoms with Crippen molar-refractivity contribution in [3.05, 3.63) is 69.5 Å². The molecule has 4 bridgehead atoms. The number of ether oxygens (including phenoxy) is 7. The molecule has 10 N–H and O–H groups in total. The van der Waals surface area contributed by atoms with Gasteiger partial charge in [0.2, 0.25) is 17.7 Å². The third-order valence-corrected chi connectivity index (χ3v) is 16.1. The molecule has 2 aromatic carbocycles. The normalized spacial score (nSPS) is 24.2. The molecular weight excluding hydrogens is 1250 g/mol. The standard InChI is InChI=1S/C58H77Cl2FN10O18S/c1-30(2)49(68-54(90)64-18-20-85-22-21-84-19-16-47(75)89-71-44(72)14-15-45(71)73)52(77)65-36(12-10-17-63-53(62)78)51(76)66-38-26-34(59)37(27-35(38)61)67-55(79)87-43-28-46(74)70(6)39-24-33(25-40(82-7)48(39)60)23-31(3)11-9-13-42(83-8)58(81)29-41(86-56(80)69-58)32(4)50-57(43,5)88-50/h9,11,13,24-27,30,32,36,41-43,49-50,81H,10,12,14-23,28-29H2,1-8H3,(H,65,77)(H,66,76)(H,67,79)(H,69,80)(H3,62,63,78)(H2,64,68,90)/b13-9+,31-11+/t32-,36+,41+,42-,43+,49+,50+,57+,58+/m1/s1. The number of hydrogen-bond acceptors (Lipinski definition) is 19. The van der Waals surface area contributed by atoms with E-state index in [1.165, 1.54) is 26.2 Å². The maximum absolute atomic E-state index is 16.2. The van der Waals surface area contributed by atoms with Crippen LogP contribution in [0, 0.1) is 17.7 Å². The molecule has 4 aliphatic heterocycles. The number of epoxide rings is 1. The second kappa shape index (κ2) is 32.5. The van der Waals surface area contributed by atoms with Gasteiger partial charge in [-0.25, -0.2) is 23.6 Å². The van der Waals surface area contributed by atoms with Crippen LogP contribution in [0.2, 0.25) is 10.0 Å². The Morgan fingerprint density at radius 2 is 1.63 bits per heavy atom. The van der Waals surface area contributed by atoms with E-state index in [0.29, 0.717) is 17.0 Å². The van der Waals surface area contributed by atoms with Crippen LogP contribution in [0.25, 0.3) is 0 Å². The van der Waals surface area contributed by atoms with Crippen LogP contribution in [-0.4, -0.2) is 178 Å². The number of methoxy groups -OCH3 is 2. The Bertz CT molecular complexity index is 3080. The van der Waals surface area contributed by atoms with Gasteiger partial charge in [-0.15, -0.1) is 5.06 Å². The van der Waals surface area contributed by atoms with Crippen molar-refractivity contribution in [3.8, 4) is 5.75 Å². The van der Waals surface area contributed by atoms with Crippen LogP contribution in [0.5, 0.6) is 5.75 Å². The number of nitrogens with two attached hydrogens (primary N) is 1. The second-order valence-electron chi connectivity index (χ2n) is 22.3. The van der Waals surface area contributed by atoms with Gasteiger partial charge < -0.3 is 80.3 Å². The predicted octanol–water partition coefficient (Wildman–Crippen LogP) is 4.56. The molecule has 90 heavy (non-hydrogen) atoms. The molecule has 0 aliphatic carbocycles. The molecule has 0 unspecified atom stereocenters. The molecule has 3 saturated heterocycles. The lowest BCUT2D eigenvalue weighted by atomic mass is 9.83. The van der Waals surface area contributed by atoms with E-state index in [-0.39, 0.29) is 110 Å². The number of urea groups is 1. The fourth-order valence-corrected chi connectivity index (χ4v) is 10.9. The topological polar surface area (TPSA) is 368 Å². The maximum atomic E-state index is 16.2. The highest BCUT2D eigenvalue weighted by Crippen LogP contribution is 2.49. The number of anilines is 3. The Balaban J connectivity index is 1.11. The summed E-state index contributed by atoms with van der Waals surface area (Å²) in [6.07, 6.45) is -1.88. The van der Waals surface area contributed by atoms with Crippen molar-refractivity contribution in [1.29, 1.82) is 0 Å². The number of imide groups is 1. The lowest BCUT2D eigenvalue weighted by molar-refractivity contribution is -0.198. The van der Waals surface area contributed by atoms with Crippen molar-refractivity contribution >= 4 is 111 Å². The van der Waals surface area contributed by atoms with Gasteiger partial charge in [-0.3, -0.25) is 34.6 Å². The van der Waals surface area contributed by atoms with E-state index in [9.17, 15) is 48.3 Å². The maximum Gasteiger partial charge on any atom is 0.412 e. The zero-order chi connectivity index (χ0) is 66.2. The smallest absolute Gasteiger partial charge is 0.412 e. The van der Waals surface area contributed by atoms with Gasteiger partial charge in [0.05, 0.1) is 74.6 Å². The number of thiocarbonyl (C=S) groups is 1. The first-order valence-corrected chi connectivity index (χ1v) is 30.0. The van der Waals surface area contributed by atoms with Crippen LogP contribution in [0.1, 0.15) is 85.1 Å². The van der Waals surface area contributed by atoms with Crippen LogP contribution >= 0.6 is 35.4 Å². The Kier molecular flexibility index (Phi) is 25.9. The Labute approximate surface area is 534 Å². The number of carbonyl (C=O) groups excluding carboxylic acids is 9. The van der Waals surface area contributed by atoms with E-state index in [1.807, 2.05) is 6.92 Å². The SMILES string of the molecule is COc1cc2cc(c1Cl)N(C)C(=O)C[C@H](OC(=O)Nc1cc(F)c(NC(=O)[C@H](CCCNC(N)=O)NC(=O)[C@@H](NC(=S)NCCOCCOCCC(=O)ON3C(=O)CCC3=O)C(C)C)cc1Cl)[C@]1(C)O[C@H]1[C@H](C)[C@@H]1C[C@@](O)(NC(=O)O1)[C@H](OC)/C=C/C=C(\C)C2. The molecule has 2 aromatic rings. The van der Waals surface area contributed by atoms with Crippen molar-refractivity contribution in [3.63, 3.8) is 0 Å². The molecule has 0 aromatic heterocycles. The first-order chi connectivity index (χ1) is 42.6. The molecular formula is C58H77Cl2FN10O18S. The van der Waals surface area contributed by atoms with Crippen molar-refractivity contribution < 1.29 is 90.6 Å². The third kappa shape index (κ3) is 19.5.